The number of rotatable bonds is 6. The van der Waals surface area contributed by atoms with Gasteiger partial charge in [-0.15, -0.1) is 11.3 Å². The van der Waals surface area contributed by atoms with Crippen molar-refractivity contribution < 1.29 is 9.84 Å². The minimum atomic E-state index is -0.0781. The maximum Gasteiger partial charge on any atom is 0.104 e. The molecule has 0 aliphatic heterocycles. The molecule has 2 rings (SSSR count). The molecule has 0 aromatic carbocycles. The molecule has 3 nitrogen and oxygen atoms in total. The third kappa shape index (κ3) is 3.82. The molecule has 98 valence electrons. The molecule has 1 heterocycles. The highest BCUT2D eigenvalue weighted by atomic mass is 32.1. The Morgan fingerprint density at radius 3 is 3.06 bits per heavy atom. The Morgan fingerprint density at radius 1 is 1.56 bits per heavy atom. The van der Waals surface area contributed by atoms with Crippen LogP contribution in [0.4, 0.5) is 0 Å². The third-order valence-corrected chi connectivity index (χ3v) is 3.95. The van der Waals surface area contributed by atoms with Crippen molar-refractivity contribution in [3.8, 4) is 11.8 Å². The van der Waals surface area contributed by atoms with Crippen molar-refractivity contribution in [2.24, 2.45) is 0 Å². The highest BCUT2D eigenvalue weighted by molar-refractivity contribution is 7.10. The number of hydrogen-bond acceptors (Lipinski definition) is 4. The Kier molecular flexibility index (Phi) is 5.21. The van der Waals surface area contributed by atoms with Crippen LogP contribution in [-0.4, -0.2) is 42.9 Å². The van der Waals surface area contributed by atoms with E-state index in [1.807, 2.05) is 6.07 Å². The number of methoxy groups -OCH3 is 1. The van der Waals surface area contributed by atoms with Crippen molar-refractivity contribution in [1.82, 2.24) is 4.90 Å². The van der Waals surface area contributed by atoms with Crippen LogP contribution >= 0.6 is 11.3 Å². The van der Waals surface area contributed by atoms with Crippen molar-refractivity contribution >= 4 is 11.3 Å². The molecule has 1 aromatic heterocycles. The molecular formula is C14H19NO2S. The topological polar surface area (TPSA) is 32.7 Å². The fourth-order valence-electron chi connectivity index (χ4n) is 1.93. The summed E-state index contributed by atoms with van der Waals surface area (Å²) in [6, 6.07) is 2.75. The van der Waals surface area contributed by atoms with Crippen molar-refractivity contribution in [3.63, 3.8) is 0 Å². The van der Waals surface area contributed by atoms with Crippen molar-refractivity contribution in [2.75, 3.05) is 26.9 Å². The first-order valence-electron chi connectivity index (χ1n) is 6.24. The molecule has 1 aliphatic rings. The number of ether oxygens (including phenoxy) is 1. The van der Waals surface area contributed by atoms with E-state index in [4.69, 9.17) is 9.84 Å². The standard InChI is InChI=1S/C14H19NO2S/c1-17-9-7-15(13-4-5-13)11-14-12(3-2-8-16)6-10-18-14/h6,10,13,16H,4-5,7-9,11H2,1H3. The lowest BCUT2D eigenvalue weighted by Crippen LogP contribution is -2.29. The molecule has 0 bridgehead atoms. The summed E-state index contributed by atoms with van der Waals surface area (Å²) in [5, 5.41) is 10.8. The van der Waals surface area contributed by atoms with Gasteiger partial charge < -0.3 is 9.84 Å². The van der Waals surface area contributed by atoms with Gasteiger partial charge in [-0.25, -0.2) is 0 Å². The van der Waals surface area contributed by atoms with Crippen LogP contribution in [0.25, 0.3) is 0 Å². The van der Waals surface area contributed by atoms with Crippen LogP contribution < -0.4 is 0 Å². The maximum absolute atomic E-state index is 8.76. The van der Waals surface area contributed by atoms with E-state index >= 15 is 0 Å². The van der Waals surface area contributed by atoms with E-state index in [9.17, 15) is 0 Å². The zero-order chi connectivity index (χ0) is 12.8. The minimum Gasteiger partial charge on any atom is -0.384 e. The van der Waals surface area contributed by atoms with E-state index < -0.39 is 0 Å². The lowest BCUT2D eigenvalue weighted by Gasteiger charge is -2.20. The first kappa shape index (κ1) is 13.6. The van der Waals surface area contributed by atoms with Gasteiger partial charge in [-0.2, -0.15) is 0 Å². The van der Waals surface area contributed by atoms with E-state index in [0.717, 1.165) is 31.3 Å². The van der Waals surface area contributed by atoms with E-state index in [1.54, 1.807) is 18.4 Å². The number of aliphatic hydroxyl groups excluding tert-OH is 1. The van der Waals surface area contributed by atoms with Crippen LogP contribution in [0.2, 0.25) is 0 Å². The molecule has 1 saturated carbocycles. The molecule has 0 saturated heterocycles. The van der Waals surface area contributed by atoms with Crippen LogP contribution in [-0.2, 0) is 11.3 Å². The van der Waals surface area contributed by atoms with Crippen LogP contribution in [0, 0.1) is 11.8 Å². The predicted octanol–water partition coefficient (Wildman–Crippen LogP) is 1.70. The van der Waals surface area contributed by atoms with Gasteiger partial charge in [-0.3, -0.25) is 4.90 Å². The fraction of sp³-hybridized carbons (Fsp3) is 0.571. The summed E-state index contributed by atoms with van der Waals surface area (Å²) in [7, 11) is 1.74. The number of aliphatic hydroxyl groups is 1. The highest BCUT2D eigenvalue weighted by Gasteiger charge is 2.29. The van der Waals surface area contributed by atoms with Gasteiger partial charge in [0.1, 0.15) is 6.61 Å². The fourth-order valence-corrected chi connectivity index (χ4v) is 2.79. The average molecular weight is 265 g/mol. The molecule has 1 fully saturated rings. The van der Waals surface area contributed by atoms with Gasteiger partial charge in [0.15, 0.2) is 0 Å². The molecule has 1 N–H and O–H groups in total. The summed E-state index contributed by atoms with van der Waals surface area (Å²) in [5.74, 6) is 5.74. The molecule has 0 unspecified atom stereocenters. The summed E-state index contributed by atoms with van der Waals surface area (Å²) >= 11 is 1.74. The summed E-state index contributed by atoms with van der Waals surface area (Å²) < 4.78 is 5.17. The minimum absolute atomic E-state index is 0.0781. The van der Waals surface area contributed by atoms with Crippen molar-refractivity contribution in [2.45, 2.75) is 25.4 Å². The van der Waals surface area contributed by atoms with Gasteiger partial charge in [0.2, 0.25) is 0 Å². The Labute approximate surface area is 112 Å². The van der Waals surface area contributed by atoms with Crippen molar-refractivity contribution in [1.29, 1.82) is 0 Å². The molecular weight excluding hydrogens is 246 g/mol. The van der Waals surface area contributed by atoms with Crippen LogP contribution in [0.1, 0.15) is 23.3 Å². The lowest BCUT2D eigenvalue weighted by atomic mass is 10.2. The van der Waals surface area contributed by atoms with Gasteiger partial charge in [-0.1, -0.05) is 11.8 Å². The van der Waals surface area contributed by atoms with E-state index in [1.165, 1.54) is 17.7 Å². The molecule has 0 amide bonds. The highest BCUT2D eigenvalue weighted by Crippen LogP contribution is 2.29. The molecule has 18 heavy (non-hydrogen) atoms. The second-order valence-electron chi connectivity index (χ2n) is 4.41. The largest absolute Gasteiger partial charge is 0.384 e. The van der Waals surface area contributed by atoms with Gasteiger partial charge >= 0.3 is 0 Å². The Bertz CT molecular complexity index is 428. The van der Waals surface area contributed by atoms with Crippen LogP contribution in [0.15, 0.2) is 11.4 Å². The lowest BCUT2D eigenvalue weighted by molar-refractivity contribution is 0.140. The quantitative estimate of drug-likeness (QED) is 0.795. The van der Waals surface area contributed by atoms with Gasteiger partial charge in [0.25, 0.3) is 0 Å². The second kappa shape index (κ2) is 6.91. The Balaban J connectivity index is 1.99. The van der Waals surface area contributed by atoms with Gasteiger partial charge in [0.05, 0.1) is 6.61 Å². The zero-order valence-corrected chi connectivity index (χ0v) is 11.5. The van der Waals surface area contributed by atoms with E-state index in [-0.39, 0.29) is 6.61 Å². The van der Waals surface area contributed by atoms with Crippen LogP contribution in [0.5, 0.6) is 0 Å². The van der Waals surface area contributed by atoms with E-state index in [0.29, 0.717) is 0 Å². The molecule has 1 aromatic rings. The number of hydrogen-bond donors (Lipinski definition) is 1. The molecule has 4 heteroatoms. The SMILES string of the molecule is COCCN(Cc1sccc1C#CCO)C1CC1. The summed E-state index contributed by atoms with van der Waals surface area (Å²) in [5.41, 5.74) is 1.05. The smallest absolute Gasteiger partial charge is 0.104 e. The van der Waals surface area contributed by atoms with Gasteiger partial charge in [0, 0.05) is 36.7 Å². The first-order valence-corrected chi connectivity index (χ1v) is 7.12. The van der Waals surface area contributed by atoms with Crippen LogP contribution in [0.3, 0.4) is 0 Å². The normalized spacial score (nSPS) is 14.6. The monoisotopic (exact) mass is 265 g/mol. The maximum atomic E-state index is 8.76. The van der Waals surface area contributed by atoms with Crippen molar-refractivity contribution in [3.05, 3.63) is 21.9 Å². The Hall–Kier alpha value is -0.860. The Morgan fingerprint density at radius 2 is 2.39 bits per heavy atom. The van der Waals surface area contributed by atoms with Gasteiger partial charge in [-0.05, 0) is 24.3 Å². The first-order chi connectivity index (χ1) is 8.85. The molecule has 1 aliphatic carbocycles. The third-order valence-electron chi connectivity index (χ3n) is 3.04. The molecule has 0 spiro atoms. The number of nitrogens with zero attached hydrogens (tertiary/aromatic N) is 1. The molecule has 0 radical (unpaired) electrons. The average Bonchev–Trinajstić information content (AvgIpc) is 3.13. The molecule has 0 atom stereocenters. The zero-order valence-electron chi connectivity index (χ0n) is 10.7. The second-order valence-corrected chi connectivity index (χ2v) is 5.41. The summed E-state index contributed by atoms with van der Waals surface area (Å²) in [4.78, 5) is 3.76. The summed E-state index contributed by atoms with van der Waals surface area (Å²) in [6.45, 7) is 2.62. The van der Waals surface area contributed by atoms with E-state index in [2.05, 4.69) is 22.1 Å². The predicted molar refractivity (Wildman–Crippen MR) is 73.6 cm³/mol. The number of thiophene rings is 1. The summed E-state index contributed by atoms with van der Waals surface area (Å²) in [6.07, 6.45) is 2.60.